The largest absolute Gasteiger partial charge is 0.483 e. The van der Waals surface area contributed by atoms with Crippen LogP contribution in [0.1, 0.15) is 0 Å². The first kappa shape index (κ1) is 8.39. The van der Waals surface area contributed by atoms with Gasteiger partial charge in [0, 0.05) is 5.38 Å². The van der Waals surface area contributed by atoms with E-state index >= 15 is 0 Å². The summed E-state index contributed by atoms with van der Waals surface area (Å²) in [5, 5.41) is 3.18. The van der Waals surface area contributed by atoms with Crippen LogP contribution >= 0.6 is 11.3 Å². The Balaban J connectivity index is 2.35. The van der Waals surface area contributed by atoms with E-state index in [4.69, 9.17) is 0 Å². The summed E-state index contributed by atoms with van der Waals surface area (Å²) in [5.74, 6) is 0.271. The second-order valence-corrected chi connectivity index (χ2v) is 2.64. The second-order valence-electron chi connectivity index (χ2n) is 1.86. The maximum Gasteiger partial charge on any atom is 0.422 e. The summed E-state index contributed by atoms with van der Waals surface area (Å²) in [6, 6.07) is 1.50. The zero-order valence-electron chi connectivity index (χ0n) is 5.39. The van der Waals surface area contributed by atoms with Crippen LogP contribution in [0.15, 0.2) is 16.8 Å². The molecule has 0 aromatic carbocycles. The molecule has 0 aliphatic rings. The van der Waals surface area contributed by atoms with Crippen LogP contribution < -0.4 is 4.74 Å². The third-order valence-corrected chi connectivity index (χ3v) is 1.56. The van der Waals surface area contributed by atoms with Gasteiger partial charge in [-0.3, -0.25) is 0 Å². The SMILES string of the molecule is FC(F)(F)COc1ccsc1. The van der Waals surface area contributed by atoms with Crippen molar-refractivity contribution in [3.8, 4) is 5.75 Å². The minimum atomic E-state index is -4.25. The molecule has 0 atom stereocenters. The predicted molar refractivity (Wildman–Crippen MR) is 35.9 cm³/mol. The van der Waals surface area contributed by atoms with Gasteiger partial charge in [0.1, 0.15) is 5.75 Å². The molecule has 0 fully saturated rings. The molecule has 1 aromatic heterocycles. The Labute approximate surface area is 65.4 Å². The van der Waals surface area contributed by atoms with Gasteiger partial charge in [0.25, 0.3) is 0 Å². The molecule has 0 saturated carbocycles. The summed E-state index contributed by atoms with van der Waals surface area (Å²) in [6.45, 7) is -1.22. The predicted octanol–water partition coefficient (Wildman–Crippen LogP) is 2.69. The van der Waals surface area contributed by atoms with E-state index in [2.05, 4.69) is 4.74 Å². The third kappa shape index (κ3) is 3.27. The van der Waals surface area contributed by atoms with E-state index in [1.807, 2.05) is 0 Å². The van der Waals surface area contributed by atoms with Crippen molar-refractivity contribution in [2.45, 2.75) is 6.18 Å². The maximum absolute atomic E-state index is 11.5. The van der Waals surface area contributed by atoms with E-state index in [0.29, 0.717) is 0 Å². The van der Waals surface area contributed by atoms with Gasteiger partial charge in [0.2, 0.25) is 0 Å². The van der Waals surface area contributed by atoms with Crippen LogP contribution in [0.5, 0.6) is 5.75 Å². The van der Waals surface area contributed by atoms with Gasteiger partial charge in [-0.15, -0.1) is 11.3 Å². The van der Waals surface area contributed by atoms with Crippen LogP contribution in [0.2, 0.25) is 0 Å². The highest BCUT2D eigenvalue weighted by Gasteiger charge is 2.28. The second kappa shape index (κ2) is 3.13. The summed E-state index contributed by atoms with van der Waals surface area (Å²) in [4.78, 5) is 0. The first-order valence-corrected chi connectivity index (χ1v) is 3.74. The molecule has 0 N–H and O–H groups in total. The third-order valence-electron chi connectivity index (χ3n) is 0.898. The van der Waals surface area contributed by atoms with Crippen LogP contribution in [0.25, 0.3) is 0 Å². The average molecular weight is 182 g/mol. The Morgan fingerprint density at radius 1 is 1.45 bits per heavy atom. The lowest BCUT2D eigenvalue weighted by Gasteiger charge is -2.06. The molecule has 62 valence electrons. The summed E-state index contributed by atoms with van der Waals surface area (Å²) in [6.07, 6.45) is -4.25. The lowest BCUT2D eigenvalue weighted by atomic mass is 10.6. The smallest absolute Gasteiger partial charge is 0.422 e. The molecular weight excluding hydrogens is 177 g/mol. The molecule has 0 aliphatic heterocycles. The molecule has 0 aliphatic carbocycles. The molecule has 1 aromatic rings. The number of rotatable bonds is 2. The van der Waals surface area contributed by atoms with E-state index in [0.717, 1.165) is 0 Å². The van der Waals surface area contributed by atoms with Crippen molar-refractivity contribution in [3.63, 3.8) is 0 Å². The van der Waals surface area contributed by atoms with Crippen LogP contribution in [0, 0.1) is 0 Å². The van der Waals surface area contributed by atoms with Gasteiger partial charge in [-0.05, 0) is 11.4 Å². The van der Waals surface area contributed by atoms with E-state index in [1.54, 1.807) is 5.38 Å². The Morgan fingerprint density at radius 2 is 2.18 bits per heavy atom. The van der Waals surface area contributed by atoms with E-state index in [9.17, 15) is 13.2 Å². The van der Waals surface area contributed by atoms with Gasteiger partial charge in [-0.1, -0.05) is 0 Å². The highest BCUT2D eigenvalue weighted by Crippen LogP contribution is 2.19. The van der Waals surface area contributed by atoms with Gasteiger partial charge < -0.3 is 4.74 Å². The molecule has 0 unspecified atom stereocenters. The van der Waals surface area contributed by atoms with Crippen LogP contribution in [0.4, 0.5) is 13.2 Å². The number of thiophene rings is 1. The molecule has 11 heavy (non-hydrogen) atoms. The van der Waals surface area contributed by atoms with Gasteiger partial charge >= 0.3 is 6.18 Å². The fourth-order valence-electron chi connectivity index (χ4n) is 0.499. The highest BCUT2D eigenvalue weighted by molar-refractivity contribution is 7.08. The van der Waals surface area contributed by atoms with Crippen molar-refractivity contribution in [3.05, 3.63) is 16.8 Å². The van der Waals surface area contributed by atoms with Crippen molar-refractivity contribution in [2.75, 3.05) is 6.61 Å². The Kier molecular flexibility index (Phi) is 2.38. The molecule has 5 heteroatoms. The topological polar surface area (TPSA) is 9.23 Å². The molecule has 0 saturated heterocycles. The minimum absolute atomic E-state index is 0.271. The quantitative estimate of drug-likeness (QED) is 0.683. The molecule has 1 heterocycles. The summed E-state index contributed by atoms with van der Waals surface area (Å²) in [5.41, 5.74) is 0. The number of hydrogen-bond acceptors (Lipinski definition) is 2. The molecule has 0 spiro atoms. The number of halogens is 3. The van der Waals surface area contributed by atoms with Crippen molar-refractivity contribution in [1.82, 2.24) is 0 Å². The molecular formula is C6H5F3OS. The maximum atomic E-state index is 11.5. The Bertz CT molecular complexity index is 204. The van der Waals surface area contributed by atoms with Crippen molar-refractivity contribution >= 4 is 11.3 Å². The lowest BCUT2D eigenvalue weighted by Crippen LogP contribution is -2.18. The van der Waals surface area contributed by atoms with Gasteiger partial charge in [-0.25, -0.2) is 0 Å². The van der Waals surface area contributed by atoms with E-state index in [-0.39, 0.29) is 5.75 Å². The van der Waals surface area contributed by atoms with Crippen LogP contribution in [-0.4, -0.2) is 12.8 Å². The Hall–Kier alpha value is -0.710. The first-order chi connectivity index (χ1) is 5.08. The zero-order chi connectivity index (χ0) is 8.32. The summed E-state index contributed by atoms with van der Waals surface area (Å²) >= 11 is 1.30. The fraction of sp³-hybridized carbons (Fsp3) is 0.333. The van der Waals surface area contributed by atoms with E-state index in [1.165, 1.54) is 22.8 Å². The molecule has 1 nitrogen and oxygen atoms in total. The summed E-state index contributed by atoms with van der Waals surface area (Å²) < 4.78 is 39.0. The Morgan fingerprint density at radius 3 is 2.64 bits per heavy atom. The van der Waals surface area contributed by atoms with Crippen molar-refractivity contribution in [2.24, 2.45) is 0 Å². The van der Waals surface area contributed by atoms with Crippen LogP contribution in [0.3, 0.4) is 0 Å². The van der Waals surface area contributed by atoms with Gasteiger partial charge in [-0.2, -0.15) is 13.2 Å². The molecule has 0 radical (unpaired) electrons. The summed E-state index contributed by atoms with van der Waals surface area (Å²) in [7, 11) is 0. The van der Waals surface area contributed by atoms with E-state index < -0.39 is 12.8 Å². The van der Waals surface area contributed by atoms with Crippen molar-refractivity contribution in [1.29, 1.82) is 0 Å². The molecule has 0 amide bonds. The first-order valence-electron chi connectivity index (χ1n) is 2.80. The fourth-order valence-corrected chi connectivity index (χ4v) is 1.07. The average Bonchev–Trinajstić information content (AvgIpc) is 2.32. The number of alkyl halides is 3. The normalized spacial score (nSPS) is 11.5. The van der Waals surface area contributed by atoms with Gasteiger partial charge in [0.15, 0.2) is 6.61 Å². The number of ether oxygens (including phenoxy) is 1. The molecule has 0 bridgehead atoms. The van der Waals surface area contributed by atoms with Gasteiger partial charge in [0.05, 0.1) is 0 Å². The van der Waals surface area contributed by atoms with Crippen LogP contribution in [-0.2, 0) is 0 Å². The monoisotopic (exact) mass is 182 g/mol. The standard InChI is InChI=1S/C6H5F3OS/c7-6(8,9)4-10-5-1-2-11-3-5/h1-3H,4H2. The van der Waals surface area contributed by atoms with Crippen molar-refractivity contribution < 1.29 is 17.9 Å². The number of hydrogen-bond donors (Lipinski definition) is 0. The minimum Gasteiger partial charge on any atom is -0.483 e. The molecule has 1 rings (SSSR count). The lowest BCUT2D eigenvalue weighted by molar-refractivity contribution is -0.153. The highest BCUT2D eigenvalue weighted by atomic mass is 32.1. The zero-order valence-corrected chi connectivity index (χ0v) is 6.21.